The normalized spacial score (nSPS) is 18.4. The zero-order chi connectivity index (χ0) is 19.8. The Kier molecular flexibility index (Phi) is 5.44. The van der Waals surface area contributed by atoms with Crippen LogP contribution in [0.2, 0.25) is 0 Å². The standard InChI is InChI=1S/C20H27N3O3S/c1-14-6-5-9-23(12-14)27(25,26)18-11-19(22(4)13-18)20(24)21-17-8-7-15(2)16(3)10-17/h7-8,10-11,13-14H,5-6,9,12H2,1-4H3,(H,21,24)/t14-/m0/s1. The molecule has 1 saturated heterocycles. The third-order valence-corrected chi connectivity index (χ3v) is 7.07. The molecule has 0 saturated carbocycles. The van der Waals surface area contributed by atoms with E-state index in [1.807, 2.05) is 32.0 Å². The molecule has 1 aromatic heterocycles. The molecular weight excluding hydrogens is 362 g/mol. The lowest BCUT2D eigenvalue weighted by Gasteiger charge is -2.29. The molecule has 1 N–H and O–H groups in total. The van der Waals surface area contributed by atoms with Gasteiger partial charge in [-0.15, -0.1) is 0 Å². The van der Waals surface area contributed by atoms with E-state index in [4.69, 9.17) is 0 Å². The fourth-order valence-corrected chi connectivity index (χ4v) is 5.10. The van der Waals surface area contributed by atoms with Crippen LogP contribution in [0, 0.1) is 19.8 Å². The van der Waals surface area contributed by atoms with Gasteiger partial charge < -0.3 is 9.88 Å². The fraction of sp³-hybridized carbons (Fsp3) is 0.450. The molecule has 1 aliphatic heterocycles. The number of hydrogen-bond acceptors (Lipinski definition) is 3. The van der Waals surface area contributed by atoms with Crippen molar-refractivity contribution in [1.82, 2.24) is 8.87 Å². The highest BCUT2D eigenvalue weighted by Crippen LogP contribution is 2.25. The largest absolute Gasteiger partial charge is 0.345 e. The molecular formula is C20H27N3O3S. The molecule has 0 radical (unpaired) electrons. The molecule has 2 heterocycles. The Morgan fingerprint density at radius 3 is 2.59 bits per heavy atom. The first-order chi connectivity index (χ1) is 12.7. The molecule has 6 nitrogen and oxygen atoms in total. The van der Waals surface area contributed by atoms with Gasteiger partial charge in [0.15, 0.2) is 0 Å². The molecule has 0 bridgehead atoms. The number of carbonyl (C=O) groups is 1. The number of amides is 1. The number of aromatic nitrogens is 1. The minimum atomic E-state index is -3.58. The number of aryl methyl sites for hydroxylation is 3. The Hall–Kier alpha value is -2.12. The topological polar surface area (TPSA) is 71.4 Å². The Labute approximate surface area is 161 Å². The molecule has 27 heavy (non-hydrogen) atoms. The molecule has 1 atom stereocenters. The van der Waals surface area contributed by atoms with E-state index in [1.54, 1.807) is 11.6 Å². The number of anilines is 1. The summed E-state index contributed by atoms with van der Waals surface area (Å²) in [6.45, 7) is 7.12. The van der Waals surface area contributed by atoms with Gasteiger partial charge in [-0.25, -0.2) is 8.42 Å². The molecule has 3 rings (SSSR count). The molecule has 1 fully saturated rings. The summed E-state index contributed by atoms with van der Waals surface area (Å²) in [5.41, 5.74) is 3.24. The van der Waals surface area contributed by atoms with Crippen molar-refractivity contribution in [2.75, 3.05) is 18.4 Å². The monoisotopic (exact) mass is 389 g/mol. The zero-order valence-corrected chi connectivity index (χ0v) is 17.1. The summed E-state index contributed by atoms with van der Waals surface area (Å²) in [4.78, 5) is 12.8. The number of piperidine rings is 1. The average Bonchev–Trinajstić information content (AvgIpc) is 3.01. The van der Waals surface area contributed by atoms with Gasteiger partial charge in [0.05, 0.1) is 0 Å². The fourth-order valence-electron chi connectivity index (χ4n) is 3.43. The van der Waals surface area contributed by atoms with Gasteiger partial charge in [0.2, 0.25) is 10.0 Å². The Bertz CT molecular complexity index is 963. The van der Waals surface area contributed by atoms with Crippen molar-refractivity contribution in [2.24, 2.45) is 13.0 Å². The van der Waals surface area contributed by atoms with E-state index in [2.05, 4.69) is 12.2 Å². The number of nitrogens with one attached hydrogen (secondary N) is 1. The van der Waals surface area contributed by atoms with E-state index in [1.165, 1.54) is 16.6 Å². The Morgan fingerprint density at radius 2 is 1.93 bits per heavy atom. The summed E-state index contributed by atoms with van der Waals surface area (Å²) >= 11 is 0. The molecule has 0 unspecified atom stereocenters. The smallest absolute Gasteiger partial charge is 0.272 e. The lowest BCUT2D eigenvalue weighted by Crippen LogP contribution is -2.38. The number of rotatable bonds is 4. The van der Waals surface area contributed by atoms with Crippen molar-refractivity contribution >= 4 is 21.6 Å². The van der Waals surface area contributed by atoms with Crippen molar-refractivity contribution in [3.05, 3.63) is 47.3 Å². The number of hydrogen-bond donors (Lipinski definition) is 1. The number of carbonyl (C=O) groups excluding carboxylic acids is 1. The van der Waals surface area contributed by atoms with Crippen LogP contribution in [0.1, 0.15) is 41.4 Å². The quantitative estimate of drug-likeness (QED) is 0.872. The molecule has 7 heteroatoms. The predicted octanol–water partition coefficient (Wildman–Crippen LogP) is 3.31. The second kappa shape index (κ2) is 7.48. The van der Waals surface area contributed by atoms with E-state index in [-0.39, 0.29) is 10.8 Å². The molecule has 0 aliphatic carbocycles. The van der Waals surface area contributed by atoms with Crippen molar-refractivity contribution in [2.45, 2.75) is 38.5 Å². The van der Waals surface area contributed by atoms with Gasteiger partial charge in [0, 0.05) is 32.0 Å². The maximum absolute atomic E-state index is 12.9. The lowest BCUT2D eigenvalue weighted by atomic mass is 10.0. The summed E-state index contributed by atoms with van der Waals surface area (Å²) in [7, 11) is -1.90. The van der Waals surface area contributed by atoms with Crippen LogP contribution in [0.3, 0.4) is 0 Å². The lowest BCUT2D eigenvalue weighted by molar-refractivity contribution is 0.101. The predicted molar refractivity (Wildman–Crippen MR) is 106 cm³/mol. The molecule has 1 aromatic carbocycles. The first-order valence-electron chi connectivity index (χ1n) is 9.23. The van der Waals surface area contributed by atoms with Gasteiger partial charge in [-0.2, -0.15) is 4.31 Å². The van der Waals surface area contributed by atoms with E-state index < -0.39 is 10.0 Å². The van der Waals surface area contributed by atoms with Crippen molar-refractivity contribution in [3.8, 4) is 0 Å². The van der Waals surface area contributed by atoms with Crippen LogP contribution in [-0.4, -0.2) is 36.3 Å². The summed E-state index contributed by atoms with van der Waals surface area (Å²) in [6.07, 6.45) is 3.43. The van der Waals surface area contributed by atoms with E-state index in [0.717, 1.165) is 24.0 Å². The van der Waals surface area contributed by atoms with Crippen molar-refractivity contribution < 1.29 is 13.2 Å². The molecule has 1 aliphatic rings. The van der Waals surface area contributed by atoms with Crippen LogP contribution in [0.5, 0.6) is 0 Å². The summed E-state index contributed by atoms with van der Waals surface area (Å²) < 4.78 is 29.0. The van der Waals surface area contributed by atoms with E-state index in [0.29, 0.717) is 30.4 Å². The van der Waals surface area contributed by atoms with Gasteiger partial charge in [-0.3, -0.25) is 4.79 Å². The average molecular weight is 390 g/mol. The second-order valence-corrected chi connectivity index (χ2v) is 9.47. The first-order valence-corrected chi connectivity index (χ1v) is 10.7. The third-order valence-electron chi connectivity index (χ3n) is 5.23. The second-order valence-electron chi connectivity index (χ2n) is 7.54. The summed E-state index contributed by atoms with van der Waals surface area (Å²) in [5, 5.41) is 2.85. The van der Waals surface area contributed by atoms with Crippen molar-refractivity contribution in [1.29, 1.82) is 0 Å². The summed E-state index contributed by atoms with van der Waals surface area (Å²) in [6, 6.07) is 7.16. The first kappa shape index (κ1) is 19.6. The zero-order valence-electron chi connectivity index (χ0n) is 16.3. The number of nitrogens with zero attached hydrogens (tertiary/aromatic N) is 2. The third kappa shape index (κ3) is 4.09. The number of sulfonamides is 1. The molecule has 146 valence electrons. The van der Waals surface area contributed by atoms with Crippen LogP contribution in [0.25, 0.3) is 0 Å². The van der Waals surface area contributed by atoms with Gasteiger partial charge >= 0.3 is 0 Å². The van der Waals surface area contributed by atoms with Crippen molar-refractivity contribution in [3.63, 3.8) is 0 Å². The molecule has 0 spiro atoms. The van der Waals surface area contributed by atoms with Crippen LogP contribution in [0.4, 0.5) is 5.69 Å². The Balaban J connectivity index is 1.83. The Morgan fingerprint density at radius 1 is 1.19 bits per heavy atom. The van der Waals surface area contributed by atoms with Gasteiger partial charge in [0.1, 0.15) is 10.6 Å². The highest BCUT2D eigenvalue weighted by molar-refractivity contribution is 7.89. The van der Waals surface area contributed by atoms with Crippen LogP contribution in [0.15, 0.2) is 35.4 Å². The highest BCUT2D eigenvalue weighted by Gasteiger charge is 2.30. The van der Waals surface area contributed by atoms with Gasteiger partial charge in [-0.1, -0.05) is 13.0 Å². The minimum Gasteiger partial charge on any atom is -0.345 e. The maximum atomic E-state index is 12.9. The summed E-state index contributed by atoms with van der Waals surface area (Å²) in [5.74, 6) is 0.0269. The van der Waals surface area contributed by atoms with Gasteiger partial charge in [0.25, 0.3) is 5.91 Å². The SMILES string of the molecule is Cc1ccc(NC(=O)c2cc(S(=O)(=O)N3CCC[C@H](C)C3)cn2C)cc1C. The molecule has 1 amide bonds. The minimum absolute atomic E-state index is 0.171. The molecule has 2 aromatic rings. The van der Waals surface area contributed by atoms with Crippen LogP contribution in [-0.2, 0) is 17.1 Å². The highest BCUT2D eigenvalue weighted by atomic mass is 32.2. The van der Waals surface area contributed by atoms with E-state index >= 15 is 0 Å². The number of benzene rings is 1. The van der Waals surface area contributed by atoms with Crippen LogP contribution < -0.4 is 5.32 Å². The maximum Gasteiger partial charge on any atom is 0.272 e. The van der Waals surface area contributed by atoms with Gasteiger partial charge in [-0.05, 0) is 61.9 Å². The van der Waals surface area contributed by atoms with Crippen LogP contribution >= 0.6 is 0 Å². The van der Waals surface area contributed by atoms with E-state index in [9.17, 15) is 13.2 Å².